The lowest BCUT2D eigenvalue weighted by Gasteiger charge is -2.31. The SMILES string of the molecule is CCc1c(C2CCN(C(=O)c3ccc(OC)nc3)CC2)noc1N. The third-order valence-electron chi connectivity index (χ3n) is 4.56. The van der Waals surface area contributed by atoms with Crippen molar-refractivity contribution in [2.75, 3.05) is 25.9 Å². The maximum Gasteiger partial charge on any atom is 0.255 e. The van der Waals surface area contributed by atoms with Crippen LogP contribution in [0.15, 0.2) is 22.9 Å². The van der Waals surface area contributed by atoms with Gasteiger partial charge in [-0.3, -0.25) is 4.79 Å². The van der Waals surface area contributed by atoms with E-state index in [1.807, 2.05) is 11.8 Å². The number of anilines is 1. The molecule has 2 N–H and O–H groups in total. The molecule has 7 nitrogen and oxygen atoms in total. The van der Waals surface area contributed by atoms with E-state index < -0.39 is 0 Å². The summed E-state index contributed by atoms with van der Waals surface area (Å²) in [4.78, 5) is 18.5. The van der Waals surface area contributed by atoms with Gasteiger partial charge in [0.1, 0.15) is 0 Å². The van der Waals surface area contributed by atoms with E-state index in [0.717, 1.165) is 30.5 Å². The molecule has 24 heavy (non-hydrogen) atoms. The number of piperidine rings is 1. The van der Waals surface area contributed by atoms with Gasteiger partial charge in [0, 0.05) is 36.8 Å². The van der Waals surface area contributed by atoms with Crippen molar-refractivity contribution in [1.29, 1.82) is 0 Å². The zero-order chi connectivity index (χ0) is 17.1. The molecule has 0 unspecified atom stereocenters. The fourth-order valence-corrected chi connectivity index (χ4v) is 3.18. The Morgan fingerprint density at radius 1 is 1.42 bits per heavy atom. The van der Waals surface area contributed by atoms with Crippen LogP contribution in [0.25, 0.3) is 0 Å². The highest BCUT2D eigenvalue weighted by Crippen LogP contribution is 2.32. The summed E-state index contributed by atoms with van der Waals surface area (Å²) in [5, 5.41) is 4.13. The number of carbonyl (C=O) groups is 1. The second-order valence-corrected chi connectivity index (χ2v) is 5.92. The van der Waals surface area contributed by atoms with Crippen molar-refractivity contribution < 1.29 is 14.1 Å². The van der Waals surface area contributed by atoms with Crippen LogP contribution in [0.5, 0.6) is 5.88 Å². The largest absolute Gasteiger partial charge is 0.481 e. The molecule has 1 saturated heterocycles. The van der Waals surface area contributed by atoms with E-state index in [9.17, 15) is 4.79 Å². The minimum atomic E-state index is -0.000940. The molecule has 2 aromatic rings. The number of aromatic nitrogens is 2. The second-order valence-electron chi connectivity index (χ2n) is 5.92. The minimum Gasteiger partial charge on any atom is -0.481 e. The molecule has 1 aliphatic rings. The van der Waals surface area contributed by atoms with Crippen LogP contribution < -0.4 is 10.5 Å². The summed E-state index contributed by atoms with van der Waals surface area (Å²) in [5.74, 6) is 1.20. The smallest absolute Gasteiger partial charge is 0.255 e. The molecule has 1 aliphatic heterocycles. The van der Waals surface area contributed by atoms with E-state index in [-0.39, 0.29) is 5.91 Å². The number of hydrogen-bond donors (Lipinski definition) is 1. The predicted molar refractivity (Wildman–Crippen MR) is 89.0 cm³/mol. The molecule has 1 fully saturated rings. The lowest BCUT2D eigenvalue weighted by Crippen LogP contribution is -2.38. The number of nitrogens with zero attached hydrogens (tertiary/aromatic N) is 3. The van der Waals surface area contributed by atoms with Crippen LogP contribution in [0.1, 0.15) is 47.3 Å². The number of rotatable bonds is 4. The standard InChI is InChI=1S/C17H22N4O3/c1-3-13-15(20-24-16(13)18)11-6-8-21(9-7-11)17(22)12-4-5-14(23-2)19-10-12/h4-5,10-11H,3,6-9,18H2,1-2H3. The van der Waals surface area contributed by atoms with Gasteiger partial charge in [-0.1, -0.05) is 12.1 Å². The zero-order valence-corrected chi connectivity index (χ0v) is 14.0. The first-order chi connectivity index (χ1) is 11.6. The third kappa shape index (κ3) is 3.06. The van der Waals surface area contributed by atoms with Crippen LogP contribution in [0.4, 0.5) is 5.88 Å². The summed E-state index contributed by atoms with van der Waals surface area (Å²) in [6.07, 6.45) is 4.07. The molecular weight excluding hydrogens is 308 g/mol. The van der Waals surface area contributed by atoms with Crippen LogP contribution in [-0.4, -0.2) is 41.1 Å². The molecule has 3 heterocycles. The third-order valence-corrected chi connectivity index (χ3v) is 4.56. The molecule has 0 radical (unpaired) electrons. The monoisotopic (exact) mass is 330 g/mol. The van der Waals surface area contributed by atoms with E-state index in [1.165, 1.54) is 0 Å². The van der Waals surface area contributed by atoms with Gasteiger partial charge >= 0.3 is 0 Å². The summed E-state index contributed by atoms with van der Waals surface area (Å²) in [7, 11) is 1.55. The molecule has 0 aromatic carbocycles. The van der Waals surface area contributed by atoms with Crippen molar-refractivity contribution in [1.82, 2.24) is 15.0 Å². The average molecular weight is 330 g/mol. The number of pyridine rings is 1. The number of nitrogens with two attached hydrogens (primary N) is 1. The van der Waals surface area contributed by atoms with Crippen molar-refractivity contribution in [3.63, 3.8) is 0 Å². The normalized spacial score (nSPS) is 15.5. The summed E-state index contributed by atoms with van der Waals surface area (Å²) >= 11 is 0. The molecule has 7 heteroatoms. The van der Waals surface area contributed by atoms with Crippen molar-refractivity contribution in [3.05, 3.63) is 35.2 Å². The number of ether oxygens (including phenoxy) is 1. The van der Waals surface area contributed by atoms with Crippen molar-refractivity contribution >= 4 is 11.8 Å². The lowest BCUT2D eigenvalue weighted by atomic mass is 9.90. The van der Waals surface area contributed by atoms with Crippen LogP contribution in [0, 0.1) is 0 Å². The summed E-state index contributed by atoms with van der Waals surface area (Å²) in [6.45, 7) is 3.42. The average Bonchev–Trinajstić information content (AvgIpc) is 3.02. The quantitative estimate of drug-likeness (QED) is 0.924. The van der Waals surface area contributed by atoms with E-state index >= 15 is 0 Å². The molecule has 0 spiro atoms. The van der Waals surface area contributed by atoms with Gasteiger partial charge in [0.15, 0.2) is 0 Å². The summed E-state index contributed by atoms with van der Waals surface area (Å²) < 4.78 is 10.2. The van der Waals surface area contributed by atoms with Crippen LogP contribution >= 0.6 is 0 Å². The Balaban J connectivity index is 1.64. The Kier molecular flexibility index (Phi) is 4.69. The van der Waals surface area contributed by atoms with Gasteiger partial charge in [-0.15, -0.1) is 0 Å². The van der Waals surface area contributed by atoms with Crippen LogP contribution in [0.3, 0.4) is 0 Å². The van der Waals surface area contributed by atoms with Gasteiger partial charge in [-0.2, -0.15) is 0 Å². The van der Waals surface area contributed by atoms with Gasteiger partial charge < -0.3 is 19.9 Å². The van der Waals surface area contributed by atoms with Gasteiger partial charge in [-0.05, 0) is 25.3 Å². The Hall–Kier alpha value is -2.57. The molecule has 2 aromatic heterocycles. The first kappa shape index (κ1) is 16.3. The highest BCUT2D eigenvalue weighted by Gasteiger charge is 2.28. The van der Waals surface area contributed by atoms with E-state index in [2.05, 4.69) is 10.1 Å². The van der Waals surface area contributed by atoms with Crippen molar-refractivity contribution in [3.8, 4) is 5.88 Å². The second kappa shape index (κ2) is 6.90. The summed E-state index contributed by atoms with van der Waals surface area (Å²) in [5.41, 5.74) is 8.35. The molecule has 3 rings (SSSR count). The van der Waals surface area contributed by atoms with Gasteiger partial charge in [-0.25, -0.2) is 4.98 Å². The Morgan fingerprint density at radius 2 is 2.17 bits per heavy atom. The van der Waals surface area contributed by atoms with Crippen molar-refractivity contribution in [2.24, 2.45) is 0 Å². The zero-order valence-electron chi connectivity index (χ0n) is 14.0. The number of carbonyl (C=O) groups excluding carboxylic acids is 1. The highest BCUT2D eigenvalue weighted by atomic mass is 16.5. The first-order valence-electron chi connectivity index (χ1n) is 8.17. The molecule has 0 bridgehead atoms. The highest BCUT2D eigenvalue weighted by molar-refractivity contribution is 5.94. The topological polar surface area (TPSA) is 94.5 Å². The molecule has 0 aliphatic carbocycles. The first-order valence-corrected chi connectivity index (χ1v) is 8.17. The molecule has 128 valence electrons. The Morgan fingerprint density at radius 3 is 2.75 bits per heavy atom. The van der Waals surface area contributed by atoms with Gasteiger partial charge in [0.2, 0.25) is 11.8 Å². The number of nitrogen functional groups attached to an aromatic ring is 1. The maximum atomic E-state index is 12.6. The van der Waals surface area contributed by atoms with E-state index in [4.69, 9.17) is 15.0 Å². The molecular formula is C17H22N4O3. The minimum absolute atomic E-state index is 0.000940. The molecule has 0 atom stereocenters. The van der Waals surface area contributed by atoms with Gasteiger partial charge in [0.05, 0.1) is 18.4 Å². The maximum absolute atomic E-state index is 12.6. The number of hydrogen-bond acceptors (Lipinski definition) is 6. The fourth-order valence-electron chi connectivity index (χ4n) is 3.18. The lowest BCUT2D eigenvalue weighted by molar-refractivity contribution is 0.0711. The Bertz CT molecular complexity index is 703. The predicted octanol–water partition coefficient (Wildman–Crippen LogP) is 2.24. The fraction of sp³-hybridized carbons (Fsp3) is 0.471. The number of amides is 1. The Labute approximate surface area is 140 Å². The van der Waals surface area contributed by atoms with E-state index in [1.54, 1.807) is 25.4 Å². The van der Waals surface area contributed by atoms with Crippen LogP contribution in [0.2, 0.25) is 0 Å². The number of likely N-dealkylation sites (tertiary alicyclic amines) is 1. The van der Waals surface area contributed by atoms with Gasteiger partial charge in [0.25, 0.3) is 5.91 Å². The molecule has 0 saturated carbocycles. The number of methoxy groups -OCH3 is 1. The van der Waals surface area contributed by atoms with E-state index in [0.29, 0.717) is 36.3 Å². The van der Waals surface area contributed by atoms with Crippen molar-refractivity contribution in [2.45, 2.75) is 32.1 Å². The van der Waals surface area contributed by atoms with Crippen LogP contribution in [-0.2, 0) is 6.42 Å². The summed E-state index contributed by atoms with van der Waals surface area (Å²) in [6, 6.07) is 3.44. The molecule has 1 amide bonds.